The number of anilines is 1. The standard InChI is InChI=1S/C28H23N7O5S4/c29-27-32-18(13-42-27)19(34-39)23(36)33-20-24(37)35-21(17(11-41-25(20)35)12-43-28-30-14-31-44-28)26(38)40-22(15-7-3-1-4-8-15)16-9-5-2-6-10-16/h1-10,13-14,20,22,25,39H,11-12H2,(H2,29,32)(H,33,36)/t20?,25-/m0/s1. The normalized spacial score (nSPS) is 18.2. The van der Waals surface area contributed by atoms with Gasteiger partial charge in [-0.15, -0.1) is 23.1 Å². The molecule has 0 saturated carbocycles. The van der Waals surface area contributed by atoms with Crippen LogP contribution in [-0.4, -0.2) is 70.9 Å². The Hall–Kier alpha value is -4.25. The number of hydrogen-bond acceptors (Lipinski definition) is 14. The van der Waals surface area contributed by atoms with Crippen LogP contribution in [0, 0.1) is 0 Å². The average molecular weight is 666 g/mol. The SMILES string of the molecule is Nc1nc(C(=NO)C(=O)NC2C(=O)N3C(C(=O)OC(c4ccccc4)c4ccccc4)=C(CSc4ncns4)CS[C@@H]23)cs1. The van der Waals surface area contributed by atoms with Gasteiger partial charge in [-0.25, -0.2) is 14.8 Å². The van der Waals surface area contributed by atoms with E-state index in [1.54, 1.807) is 0 Å². The molecule has 4 heterocycles. The number of benzene rings is 2. The average Bonchev–Trinajstić information content (AvgIpc) is 3.74. The molecule has 4 N–H and O–H groups in total. The minimum atomic E-state index is -0.973. The first-order valence-electron chi connectivity index (χ1n) is 13.1. The van der Waals surface area contributed by atoms with Crippen molar-refractivity contribution in [2.75, 3.05) is 17.2 Å². The third-order valence-electron chi connectivity index (χ3n) is 6.75. The van der Waals surface area contributed by atoms with Crippen LogP contribution < -0.4 is 11.1 Å². The Morgan fingerprint density at radius 3 is 2.45 bits per heavy atom. The summed E-state index contributed by atoms with van der Waals surface area (Å²) in [5, 5.41) is 16.3. The van der Waals surface area contributed by atoms with E-state index in [1.807, 2.05) is 60.7 Å². The lowest BCUT2D eigenvalue weighted by atomic mass is 10.0. The van der Waals surface area contributed by atoms with Crippen molar-refractivity contribution in [3.05, 3.63) is 100 Å². The number of fused-ring (bicyclic) bond motifs is 1. The van der Waals surface area contributed by atoms with Crippen molar-refractivity contribution in [1.29, 1.82) is 0 Å². The third-order valence-corrected chi connectivity index (χ3v) is 10.6. The van der Waals surface area contributed by atoms with E-state index < -0.39 is 35.3 Å². The van der Waals surface area contributed by atoms with Crippen LogP contribution in [0.2, 0.25) is 0 Å². The molecule has 2 atom stereocenters. The number of nitrogens with two attached hydrogens (primary N) is 1. The van der Waals surface area contributed by atoms with Gasteiger partial charge in [-0.05, 0) is 28.2 Å². The van der Waals surface area contributed by atoms with Gasteiger partial charge in [0.2, 0.25) is 0 Å². The Morgan fingerprint density at radius 1 is 1.16 bits per heavy atom. The molecule has 6 rings (SSSR count). The number of rotatable bonds is 10. The molecule has 1 saturated heterocycles. The van der Waals surface area contributed by atoms with Crippen molar-refractivity contribution >= 4 is 75.0 Å². The highest BCUT2D eigenvalue weighted by atomic mass is 32.2. The van der Waals surface area contributed by atoms with Crippen LogP contribution in [0.5, 0.6) is 0 Å². The van der Waals surface area contributed by atoms with E-state index in [-0.39, 0.29) is 22.2 Å². The molecule has 2 aliphatic heterocycles. The largest absolute Gasteiger partial charge is 0.448 e. The van der Waals surface area contributed by atoms with Crippen LogP contribution >= 0.6 is 46.4 Å². The molecule has 2 amide bonds. The fourth-order valence-corrected chi connectivity index (χ4v) is 8.20. The van der Waals surface area contributed by atoms with Gasteiger partial charge < -0.3 is 21.0 Å². The second-order valence-electron chi connectivity index (χ2n) is 9.44. The number of thiazole rings is 1. The molecule has 0 aliphatic carbocycles. The number of nitrogen functional groups attached to an aromatic ring is 1. The Labute approximate surface area is 267 Å². The van der Waals surface area contributed by atoms with E-state index in [0.29, 0.717) is 17.1 Å². The van der Waals surface area contributed by atoms with Crippen molar-refractivity contribution in [2.45, 2.75) is 21.9 Å². The van der Waals surface area contributed by atoms with Crippen LogP contribution in [0.3, 0.4) is 0 Å². The summed E-state index contributed by atoms with van der Waals surface area (Å²) in [6.45, 7) is 0. The molecular formula is C28H23N7O5S4. The van der Waals surface area contributed by atoms with Gasteiger partial charge in [0.1, 0.15) is 29.1 Å². The number of thioether (sulfide) groups is 2. The summed E-state index contributed by atoms with van der Waals surface area (Å²) in [5.41, 5.74) is 7.76. The fraction of sp³-hybridized carbons (Fsp3) is 0.179. The maximum Gasteiger partial charge on any atom is 0.356 e. The highest BCUT2D eigenvalue weighted by Gasteiger charge is 2.55. The smallest absolute Gasteiger partial charge is 0.356 e. The Kier molecular flexibility index (Phi) is 8.92. The zero-order chi connectivity index (χ0) is 30.6. The molecule has 4 aromatic rings. The summed E-state index contributed by atoms with van der Waals surface area (Å²) in [5.74, 6) is -1.16. The first-order chi connectivity index (χ1) is 21.4. The molecule has 0 bridgehead atoms. The van der Waals surface area contributed by atoms with Gasteiger partial charge in [-0.1, -0.05) is 77.6 Å². The minimum absolute atomic E-state index is 0.0837. The van der Waals surface area contributed by atoms with E-state index in [9.17, 15) is 19.6 Å². The summed E-state index contributed by atoms with van der Waals surface area (Å²) in [7, 11) is 0. The molecule has 1 unspecified atom stereocenters. The molecule has 16 heteroatoms. The van der Waals surface area contributed by atoms with Gasteiger partial charge in [-0.2, -0.15) is 4.37 Å². The summed E-state index contributed by atoms with van der Waals surface area (Å²) in [6, 6.07) is 17.8. The number of ether oxygens (including phenoxy) is 1. The van der Waals surface area contributed by atoms with Gasteiger partial charge in [0, 0.05) is 16.9 Å². The number of nitrogens with one attached hydrogen (secondary N) is 1. The first kappa shape index (κ1) is 29.8. The third kappa shape index (κ3) is 6.06. The molecular weight excluding hydrogens is 643 g/mol. The van der Waals surface area contributed by atoms with E-state index >= 15 is 0 Å². The quantitative estimate of drug-likeness (QED) is 0.0565. The van der Waals surface area contributed by atoms with E-state index in [0.717, 1.165) is 26.8 Å². The molecule has 44 heavy (non-hydrogen) atoms. The van der Waals surface area contributed by atoms with Crippen molar-refractivity contribution in [1.82, 2.24) is 24.6 Å². The lowest BCUT2D eigenvalue weighted by Crippen LogP contribution is -2.71. The number of nitrogens with zero attached hydrogens (tertiary/aromatic N) is 5. The molecule has 0 spiro atoms. The van der Waals surface area contributed by atoms with Gasteiger partial charge in [-0.3, -0.25) is 14.5 Å². The summed E-state index contributed by atoms with van der Waals surface area (Å²) in [6.07, 6.45) is 0.742. The predicted octanol–water partition coefficient (Wildman–Crippen LogP) is 3.53. The van der Waals surface area contributed by atoms with Crippen molar-refractivity contribution in [3.63, 3.8) is 0 Å². The second-order valence-corrected chi connectivity index (χ2v) is 13.4. The lowest BCUT2D eigenvalue weighted by Gasteiger charge is -2.49. The summed E-state index contributed by atoms with van der Waals surface area (Å²) in [4.78, 5) is 50.2. The van der Waals surface area contributed by atoms with Gasteiger partial charge in [0.15, 0.2) is 21.3 Å². The molecule has 12 nitrogen and oxygen atoms in total. The van der Waals surface area contributed by atoms with Crippen molar-refractivity contribution in [3.8, 4) is 0 Å². The number of carbonyl (C=O) groups is 3. The number of oxime groups is 1. The Bertz CT molecular complexity index is 1690. The van der Waals surface area contributed by atoms with Crippen molar-refractivity contribution < 1.29 is 24.3 Å². The number of hydrogen-bond donors (Lipinski definition) is 3. The molecule has 2 aliphatic rings. The molecule has 2 aromatic heterocycles. The van der Waals surface area contributed by atoms with E-state index in [2.05, 4.69) is 24.8 Å². The Morgan fingerprint density at radius 2 is 1.86 bits per heavy atom. The molecule has 2 aromatic carbocycles. The van der Waals surface area contributed by atoms with E-state index in [4.69, 9.17) is 10.5 Å². The van der Waals surface area contributed by atoms with Crippen LogP contribution in [-0.2, 0) is 19.1 Å². The number of amides is 2. The van der Waals surface area contributed by atoms with Crippen LogP contribution in [0.25, 0.3) is 0 Å². The Balaban J connectivity index is 1.28. The molecule has 1 fully saturated rings. The topological polar surface area (TPSA) is 173 Å². The zero-order valence-corrected chi connectivity index (χ0v) is 25.9. The van der Waals surface area contributed by atoms with Gasteiger partial charge in [0.05, 0.1) is 0 Å². The van der Waals surface area contributed by atoms with Crippen LogP contribution in [0.15, 0.2) is 93.1 Å². The van der Waals surface area contributed by atoms with E-state index in [1.165, 1.54) is 51.7 Å². The molecule has 0 radical (unpaired) electrons. The first-order valence-corrected chi connectivity index (χ1v) is 16.7. The maximum absolute atomic E-state index is 14.1. The number of carbonyl (C=O) groups excluding carboxylic acids is 3. The zero-order valence-electron chi connectivity index (χ0n) is 22.6. The van der Waals surface area contributed by atoms with Crippen LogP contribution in [0.4, 0.5) is 5.13 Å². The number of aromatic nitrogens is 3. The van der Waals surface area contributed by atoms with Gasteiger partial charge in [0.25, 0.3) is 11.8 Å². The summed E-state index contributed by atoms with van der Waals surface area (Å²) < 4.78 is 10.9. The number of β-lactam (4-membered cyclic amide) rings is 1. The fourth-order valence-electron chi connectivity index (χ4n) is 4.72. The van der Waals surface area contributed by atoms with Crippen LogP contribution in [0.1, 0.15) is 22.9 Å². The second kappa shape index (κ2) is 13.2. The van der Waals surface area contributed by atoms with Gasteiger partial charge >= 0.3 is 5.97 Å². The minimum Gasteiger partial charge on any atom is -0.448 e. The summed E-state index contributed by atoms with van der Waals surface area (Å²) >= 11 is 5.14. The maximum atomic E-state index is 14.1. The monoisotopic (exact) mass is 665 g/mol. The highest BCUT2D eigenvalue weighted by molar-refractivity contribution is 8.01. The lowest BCUT2D eigenvalue weighted by molar-refractivity contribution is -0.154. The van der Waals surface area contributed by atoms with Crippen molar-refractivity contribution in [2.24, 2.45) is 5.16 Å². The molecule has 224 valence electrons. The number of esters is 1. The predicted molar refractivity (Wildman–Crippen MR) is 168 cm³/mol. The highest BCUT2D eigenvalue weighted by Crippen LogP contribution is 2.43.